The lowest BCUT2D eigenvalue weighted by molar-refractivity contribution is -0.116. The van der Waals surface area contributed by atoms with Gasteiger partial charge in [0.1, 0.15) is 0 Å². The largest absolute Gasteiger partial charge is 0.326 e. The van der Waals surface area contributed by atoms with Crippen LogP contribution in [0, 0.1) is 0 Å². The highest BCUT2D eigenvalue weighted by molar-refractivity contribution is 7.51. The van der Waals surface area contributed by atoms with Gasteiger partial charge in [-0.3, -0.25) is 9.36 Å². The number of anilines is 1. The van der Waals surface area contributed by atoms with Gasteiger partial charge in [-0.1, -0.05) is 38.3 Å². The van der Waals surface area contributed by atoms with Crippen molar-refractivity contribution in [2.75, 3.05) is 11.5 Å². The first-order valence-corrected chi connectivity index (χ1v) is 9.64. The van der Waals surface area contributed by atoms with Gasteiger partial charge >= 0.3 is 7.60 Å². The Kier molecular flexibility index (Phi) is 8.39. The van der Waals surface area contributed by atoms with Gasteiger partial charge in [0.05, 0.1) is 6.16 Å². The fraction of sp³-hybridized carbons (Fsp3) is 0.562. The number of nitrogens with one attached hydrogen (secondary N) is 1. The molecule has 0 aliphatic heterocycles. The molecule has 124 valence electrons. The van der Waals surface area contributed by atoms with Crippen molar-refractivity contribution in [3.63, 3.8) is 0 Å². The Morgan fingerprint density at radius 2 is 1.95 bits per heavy atom. The van der Waals surface area contributed by atoms with Gasteiger partial charge in [0.2, 0.25) is 5.91 Å². The molecule has 0 heterocycles. The van der Waals surface area contributed by atoms with Crippen LogP contribution >= 0.6 is 7.60 Å². The van der Waals surface area contributed by atoms with E-state index in [0.29, 0.717) is 0 Å². The molecule has 0 aliphatic rings. The van der Waals surface area contributed by atoms with Crippen molar-refractivity contribution in [1.82, 2.24) is 0 Å². The number of unbranched alkanes of at least 4 members (excludes halogenated alkanes) is 3. The van der Waals surface area contributed by atoms with Crippen LogP contribution in [0.25, 0.3) is 0 Å². The third-order valence-corrected chi connectivity index (χ3v) is 4.28. The van der Waals surface area contributed by atoms with Crippen molar-refractivity contribution in [3.05, 3.63) is 29.8 Å². The van der Waals surface area contributed by atoms with E-state index in [-0.39, 0.29) is 24.9 Å². The maximum atomic E-state index is 11.7. The summed E-state index contributed by atoms with van der Waals surface area (Å²) in [4.78, 5) is 29.3. The first kappa shape index (κ1) is 18.9. The van der Waals surface area contributed by atoms with Crippen LogP contribution in [0.2, 0.25) is 0 Å². The molecule has 0 unspecified atom stereocenters. The highest BCUT2D eigenvalue weighted by Crippen LogP contribution is 2.35. The van der Waals surface area contributed by atoms with Gasteiger partial charge in [0.15, 0.2) is 0 Å². The van der Waals surface area contributed by atoms with Crippen LogP contribution in [0.4, 0.5) is 5.69 Å². The molecule has 0 saturated carbocycles. The average molecular weight is 327 g/mol. The van der Waals surface area contributed by atoms with E-state index in [1.807, 2.05) is 18.2 Å². The van der Waals surface area contributed by atoms with Crippen LogP contribution in [0.3, 0.4) is 0 Å². The number of rotatable bonds is 10. The van der Waals surface area contributed by atoms with E-state index in [4.69, 9.17) is 9.79 Å². The zero-order valence-corrected chi connectivity index (χ0v) is 14.0. The molecule has 1 aromatic carbocycles. The molecule has 0 aliphatic carbocycles. The summed E-state index contributed by atoms with van der Waals surface area (Å²) >= 11 is 0. The third kappa shape index (κ3) is 8.98. The highest BCUT2D eigenvalue weighted by atomic mass is 31.2. The quantitative estimate of drug-likeness (QED) is 0.452. The molecule has 0 radical (unpaired) electrons. The lowest BCUT2D eigenvalue weighted by Crippen LogP contribution is -2.12. The zero-order chi connectivity index (χ0) is 16.4. The first-order chi connectivity index (χ1) is 10.4. The van der Waals surface area contributed by atoms with Gasteiger partial charge < -0.3 is 15.1 Å². The second-order valence-corrected chi connectivity index (χ2v) is 7.33. The van der Waals surface area contributed by atoms with E-state index < -0.39 is 7.60 Å². The van der Waals surface area contributed by atoms with Crippen molar-refractivity contribution in [3.8, 4) is 0 Å². The second-order valence-electron chi connectivity index (χ2n) is 5.55. The van der Waals surface area contributed by atoms with Crippen LogP contribution in [0.15, 0.2) is 24.3 Å². The Morgan fingerprint density at radius 3 is 2.64 bits per heavy atom. The minimum atomic E-state index is -4.01. The van der Waals surface area contributed by atoms with Crippen LogP contribution in [0.1, 0.15) is 51.0 Å². The smallest absolute Gasteiger partial charge is 0.325 e. The van der Waals surface area contributed by atoms with Crippen molar-refractivity contribution >= 4 is 19.2 Å². The Balaban J connectivity index is 2.38. The summed E-state index contributed by atoms with van der Waals surface area (Å²) in [6, 6.07) is 7.76. The molecule has 0 bridgehead atoms. The number of benzene rings is 1. The molecule has 1 amide bonds. The number of carbonyl (C=O) groups is 1. The summed E-state index contributed by atoms with van der Waals surface area (Å²) in [5.41, 5.74) is 1.94. The van der Waals surface area contributed by atoms with Crippen molar-refractivity contribution in [2.24, 2.45) is 0 Å². The molecule has 5 nitrogen and oxygen atoms in total. The monoisotopic (exact) mass is 327 g/mol. The molecule has 1 rings (SSSR count). The normalized spacial score (nSPS) is 11.4. The summed E-state index contributed by atoms with van der Waals surface area (Å²) in [7, 11) is -4.01. The molecule has 3 N–H and O–H groups in total. The van der Waals surface area contributed by atoms with Gasteiger partial charge in [-0.15, -0.1) is 0 Å². The summed E-state index contributed by atoms with van der Waals surface area (Å²) < 4.78 is 10.7. The molecule has 22 heavy (non-hydrogen) atoms. The average Bonchev–Trinajstić information content (AvgIpc) is 2.42. The van der Waals surface area contributed by atoms with E-state index in [9.17, 15) is 9.36 Å². The van der Waals surface area contributed by atoms with Crippen LogP contribution in [0.5, 0.6) is 0 Å². The van der Waals surface area contributed by atoms with E-state index in [2.05, 4.69) is 18.3 Å². The molecule has 0 fully saturated rings. The lowest BCUT2D eigenvalue weighted by atomic mass is 10.1. The maximum absolute atomic E-state index is 11.7. The summed E-state index contributed by atoms with van der Waals surface area (Å²) in [6.45, 7) is 2.18. The fourth-order valence-electron chi connectivity index (χ4n) is 2.23. The van der Waals surface area contributed by atoms with Crippen LogP contribution in [-0.4, -0.2) is 21.9 Å². The first-order valence-electron chi connectivity index (χ1n) is 7.84. The van der Waals surface area contributed by atoms with Gasteiger partial charge in [0, 0.05) is 12.1 Å². The van der Waals surface area contributed by atoms with Crippen molar-refractivity contribution in [1.29, 1.82) is 0 Å². The minimum absolute atomic E-state index is 0.117. The molecule has 1 aromatic rings. The molecule has 0 saturated heterocycles. The summed E-state index contributed by atoms with van der Waals surface area (Å²) in [6.07, 6.45) is 5.88. The van der Waals surface area contributed by atoms with Gasteiger partial charge in [-0.2, -0.15) is 0 Å². The predicted molar refractivity (Wildman–Crippen MR) is 89.1 cm³/mol. The van der Waals surface area contributed by atoms with Gasteiger partial charge in [-0.05, 0) is 37.0 Å². The number of carbonyl (C=O) groups excluding carboxylic acids is 1. The van der Waals surface area contributed by atoms with E-state index >= 15 is 0 Å². The summed E-state index contributed by atoms with van der Waals surface area (Å²) in [5, 5.41) is 2.78. The standard InChI is InChI=1S/C16H26NO4P/c1-2-3-4-5-8-14-9-6-10-15(13-14)17-16(18)11-7-12-22(19,20)21/h6,9-10,13H,2-5,7-8,11-12H2,1H3,(H,17,18)(H2,19,20,21). The van der Waals surface area contributed by atoms with Gasteiger partial charge in [-0.25, -0.2) is 0 Å². The van der Waals surface area contributed by atoms with E-state index in [1.54, 1.807) is 0 Å². The van der Waals surface area contributed by atoms with Crippen molar-refractivity contribution < 1.29 is 19.1 Å². The molecule has 6 heteroatoms. The maximum Gasteiger partial charge on any atom is 0.325 e. The number of amides is 1. The molecule has 0 atom stereocenters. The topological polar surface area (TPSA) is 86.6 Å². The number of hydrogen-bond acceptors (Lipinski definition) is 2. The Labute approximate surface area is 132 Å². The second kappa shape index (κ2) is 9.78. The lowest BCUT2D eigenvalue weighted by Gasteiger charge is -2.08. The number of aryl methyl sites for hydroxylation is 1. The molecule has 0 aromatic heterocycles. The van der Waals surface area contributed by atoms with Crippen LogP contribution < -0.4 is 5.32 Å². The van der Waals surface area contributed by atoms with E-state index in [1.165, 1.54) is 24.8 Å². The van der Waals surface area contributed by atoms with Crippen LogP contribution in [-0.2, 0) is 15.8 Å². The molecule has 0 spiro atoms. The summed E-state index contributed by atoms with van der Waals surface area (Å²) in [5.74, 6) is -0.211. The van der Waals surface area contributed by atoms with Gasteiger partial charge in [0.25, 0.3) is 0 Å². The highest BCUT2D eigenvalue weighted by Gasteiger charge is 2.13. The third-order valence-electron chi connectivity index (χ3n) is 3.38. The van der Waals surface area contributed by atoms with Crippen molar-refractivity contribution in [2.45, 2.75) is 51.9 Å². The fourth-order valence-corrected chi connectivity index (χ4v) is 2.80. The SMILES string of the molecule is CCCCCCc1cccc(NC(=O)CCCP(=O)(O)O)c1. The minimum Gasteiger partial charge on any atom is -0.326 e. The Bertz CT molecular complexity index is 513. The zero-order valence-electron chi connectivity index (χ0n) is 13.1. The Morgan fingerprint density at radius 1 is 1.18 bits per heavy atom. The van der Waals surface area contributed by atoms with E-state index in [0.717, 1.165) is 18.5 Å². The Hall–Kier alpha value is -1.16. The molecular formula is C16H26NO4P. The number of hydrogen-bond donors (Lipinski definition) is 3. The molecular weight excluding hydrogens is 301 g/mol. The predicted octanol–water partition coefficient (Wildman–Crippen LogP) is 3.71.